The summed E-state index contributed by atoms with van der Waals surface area (Å²) in [6, 6.07) is 0. The van der Waals surface area contributed by atoms with Gasteiger partial charge in [-0.1, -0.05) is 18.6 Å². The highest BCUT2D eigenvalue weighted by Crippen LogP contribution is 2.68. The van der Waals surface area contributed by atoms with Crippen LogP contribution in [-0.4, -0.2) is 46.4 Å². The van der Waals surface area contributed by atoms with Crippen LogP contribution in [0, 0.1) is 28.6 Å². The molecule has 7 atom stereocenters. The van der Waals surface area contributed by atoms with Crippen LogP contribution >= 0.6 is 0 Å². The number of hydrogen-bond donors (Lipinski definition) is 2. The average Bonchev–Trinajstić information content (AvgIpc) is 3.28. The minimum Gasteiger partial charge on any atom is -0.481 e. The fourth-order valence-electron chi connectivity index (χ4n) is 8.14. The van der Waals surface area contributed by atoms with E-state index in [9.17, 15) is 24.6 Å². The molecule has 3 saturated carbocycles. The maximum atomic E-state index is 12.8. The predicted molar refractivity (Wildman–Crippen MR) is 113 cm³/mol. The quantitative estimate of drug-likeness (QED) is 0.508. The topological polar surface area (TPSA) is 110 Å². The lowest BCUT2D eigenvalue weighted by Crippen LogP contribution is -2.66. The Morgan fingerprint density at radius 3 is 2.62 bits per heavy atom. The predicted octanol–water partition coefficient (Wildman–Crippen LogP) is 3.16. The number of carbonyl (C=O) groups is 3. The number of esters is 2. The summed E-state index contributed by atoms with van der Waals surface area (Å²) in [6.07, 6.45) is 7.95. The number of rotatable bonds is 3. The molecule has 1 heterocycles. The van der Waals surface area contributed by atoms with E-state index < -0.39 is 29.1 Å². The molecule has 0 saturated heterocycles. The van der Waals surface area contributed by atoms with Gasteiger partial charge in [-0.25, -0.2) is 4.79 Å². The van der Waals surface area contributed by atoms with Gasteiger partial charge in [-0.15, -0.1) is 0 Å². The minimum absolute atomic E-state index is 0.106. The van der Waals surface area contributed by atoms with Crippen molar-refractivity contribution in [1.82, 2.24) is 0 Å². The summed E-state index contributed by atoms with van der Waals surface area (Å²) in [5.74, 6) is -1.42. The maximum absolute atomic E-state index is 12.8. The molecule has 0 spiro atoms. The van der Waals surface area contributed by atoms with Gasteiger partial charge in [-0.3, -0.25) is 9.59 Å². The zero-order chi connectivity index (χ0) is 22.9. The van der Waals surface area contributed by atoms with Crippen LogP contribution in [0.5, 0.6) is 0 Å². The molecular weight excluding hydrogens is 412 g/mol. The number of fused-ring (bicyclic) bond motifs is 5. The third-order valence-corrected chi connectivity index (χ3v) is 9.47. The molecule has 0 amide bonds. The van der Waals surface area contributed by atoms with Crippen molar-refractivity contribution < 1.29 is 34.1 Å². The summed E-state index contributed by atoms with van der Waals surface area (Å²) in [5.41, 5.74) is -0.351. The second kappa shape index (κ2) is 7.17. The molecule has 2 N–H and O–H groups in total. The zero-order valence-corrected chi connectivity index (χ0v) is 18.8. The summed E-state index contributed by atoms with van der Waals surface area (Å²) in [5, 5.41) is 22.2. The summed E-state index contributed by atoms with van der Waals surface area (Å²) in [6.45, 7) is 3.95. The Kier molecular flexibility index (Phi) is 4.86. The first kappa shape index (κ1) is 21.7. The Morgan fingerprint density at radius 2 is 1.97 bits per heavy atom. The van der Waals surface area contributed by atoms with Crippen molar-refractivity contribution in [2.45, 2.75) is 76.9 Å². The summed E-state index contributed by atoms with van der Waals surface area (Å²) in [4.78, 5) is 36.0. The Morgan fingerprint density at radius 1 is 1.19 bits per heavy atom. The van der Waals surface area contributed by atoms with Gasteiger partial charge in [0.15, 0.2) is 0 Å². The lowest BCUT2D eigenvalue weighted by molar-refractivity contribution is -0.225. The van der Waals surface area contributed by atoms with Crippen molar-refractivity contribution in [3.63, 3.8) is 0 Å². The molecule has 1 aliphatic heterocycles. The normalized spacial score (nSPS) is 45.0. The van der Waals surface area contributed by atoms with E-state index in [0.717, 1.165) is 31.3 Å². The maximum Gasteiger partial charge on any atom is 0.331 e. The average molecular weight is 445 g/mol. The molecule has 0 bridgehead atoms. The van der Waals surface area contributed by atoms with Gasteiger partial charge >= 0.3 is 17.9 Å². The number of cyclic esters (lactones) is 1. The van der Waals surface area contributed by atoms with Crippen molar-refractivity contribution in [1.29, 1.82) is 0 Å². The van der Waals surface area contributed by atoms with Crippen LogP contribution in [0.15, 0.2) is 23.3 Å². The van der Waals surface area contributed by atoms with Gasteiger partial charge in [-0.2, -0.15) is 0 Å². The number of aliphatic hydroxyl groups is 1. The van der Waals surface area contributed by atoms with Crippen molar-refractivity contribution in [3.05, 3.63) is 23.3 Å². The van der Waals surface area contributed by atoms with E-state index in [2.05, 4.69) is 13.0 Å². The fourth-order valence-corrected chi connectivity index (χ4v) is 8.14. The SMILES string of the molecule is CC(=O)O[C@@H]1CC[C@]2(C(=O)O)[C@@H]3CC[C@]4(C)C(=CC[C@H]4C4=CC(=O)OC4)[C@H]3CC[C@@]2(O)C1. The summed E-state index contributed by atoms with van der Waals surface area (Å²) in [7, 11) is 0. The molecule has 0 aromatic carbocycles. The van der Waals surface area contributed by atoms with Crippen LogP contribution < -0.4 is 0 Å². The largest absolute Gasteiger partial charge is 0.481 e. The monoisotopic (exact) mass is 444 g/mol. The number of aliphatic carboxylic acids is 1. The number of hydrogen-bond acceptors (Lipinski definition) is 6. The van der Waals surface area contributed by atoms with Crippen molar-refractivity contribution in [3.8, 4) is 0 Å². The molecule has 0 aromatic rings. The molecule has 174 valence electrons. The second-order valence-corrected chi connectivity index (χ2v) is 10.8. The molecule has 5 aliphatic rings. The van der Waals surface area contributed by atoms with Crippen LogP contribution in [0.1, 0.15) is 65.2 Å². The summed E-state index contributed by atoms with van der Waals surface area (Å²) >= 11 is 0. The van der Waals surface area contributed by atoms with Crippen LogP contribution in [0.25, 0.3) is 0 Å². The van der Waals surface area contributed by atoms with Gasteiger partial charge in [0.05, 0.1) is 5.60 Å². The number of carbonyl (C=O) groups excluding carboxylic acids is 2. The Labute approximate surface area is 187 Å². The molecular formula is C25H32O7. The third-order valence-electron chi connectivity index (χ3n) is 9.47. The Balaban J connectivity index is 1.46. The molecule has 7 heteroatoms. The standard InChI is InChI=1S/C25H32O7/c1-14(26)32-16-5-10-25(22(28)29)20-7-8-23(2)18(15-11-21(27)31-13-15)3-4-19(23)17(20)6-9-24(25,30)12-16/h4,11,16-18,20,30H,3,5-10,12-13H2,1-2H3,(H,28,29)/t16-,17-,18+,20-,23+,24-,25-/m1/s1. The molecule has 5 rings (SSSR count). The van der Waals surface area contributed by atoms with Crippen LogP contribution in [0.3, 0.4) is 0 Å². The fraction of sp³-hybridized carbons (Fsp3) is 0.720. The Bertz CT molecular complexity index is 935. The highest BCUT2D eigenvalue weighted by molar-refractivity contribution is 5.85. The number of carboxylic acid groups (broad SMARTS) is 1. The van der Waals surface area contributed by atoms with Crippen LogP contribution in [0.4, 0.5) is 0 Å². The second-order valence-electron chi connectivity index (χ2n) is 10.8. The van der Waals surface area contributed by atoms with Gasteiger partial charge in [0, 0.05) is 19.4 Å². The molecule has 0 radical (unpaired) electrons. The first-order chi connectivity index (χ1) is 15.1. The molecule has 3 fully saturated rings. The van der Waals surface area contributed by atoms with E-state index in [0.29, 0.717) is 25.9 Å². The lowest BCUT2D eigenvalue weighted by atomic mass is 9.43. The van der Waals surface area contributed by atoms with Gasteiger partial charge in [0.25, 0.3) is 0 Å². The number of ether oxygens (including phenoxy) is 2. The number of carboxylic acids is 1. The van der Waals surface area contributed by atoms with E-state index in [-0.39, 0.29) is 35.6 Å². The Hall–Kier alpha value is -2.15. The van der Waals surface area contributed by atoms with Crippen molar-refractivity contribution in [2.24, 2.45) is 28.6 Å². The highest BCUT2D eigenvalue weighted by Gasteiger charge is 2.69. The molecule has 4 aliphatic carbocycles. The van der Waals surface area contributed by atoms with Gasteiger partial charge in [0.2, 0.25) is 0 Å². The lowest BCUT2D eigenvalue weighted by Gasteiger charge is -2.61. The molecule has 0 aromatic heterocycles. The van der Waals surface area contributed by atoms with Gasteiger partial charge < -0.3 is 19.7 Å². The van der Waals surface area contributed by atoms with E-state index in [4.69, 9.17) is 9.47 Å². The first-order valence-corrected chi connectivity index (χ1v) is 11.8. The van der Waals surface area contributed by atoms with E-state index in [1.54, 1.807) is 6.08 Å². The van der Waals surface area contributed by atoms with Crippen LogP contribution in [-0.2, 0) is 23.9 Å². The van der Waals surface area contributed by atoms with Gasteiger partial charge in [0.1, 0.15) is 18.1 Å². The minimum atomic E-state index is -1.38. The third kappa shape index (κ3) is 2.86. The smallest absolute Gasteiger partial charge is 0.331 e. The van der Waals surface area contributed by atoms with Crippen molar-refractivity contribution in [2.75, 3.05) is 6.61 Å². The molecule has 32 heavy (non-hydrogen) atoms. The van der Waals surface area contributed by atoms with E-state index in [1.165, 1.54) is 12.5 Å². The van der Waals surface area contributed by atoms with Crippen molar-refractivity contribution >= 4 is 17.9 Å². The van der Waals surface area contributed by atoms with Gasteiger partial charge in [-0.05, 0) is 73.7 Å². The highest BCUT2D eigenvalue weighted by atomic mass is 16.5. The zero-order valence-electron chi connectivity index (χ0n) is 18.8. The van der Waals surface area contributed by atoms with Crippen LogP contribution in [0.2, 0.25) is 0 Å². The van der Waals surface area contributed by atoms with E-state index >= 15 is 0 Å². The summed E-state index contributed by atoms with van der Waals surface area (Å²) < 4.78 is 10.6. The number of allylic oxidation sites excluding steroid dienone is 2. The molecule has 7 nitrogen and oxygen atoms in total. The molecule has 0 unspecified atom stereocenters. The van der Waals surface area contributed by atoms with E-state index in [1.807, 2.05) is 0 Å². The first-order valence-electron chi connectivity index (χ1n) is 11.8.